The number of carboxylic acid groups (broad SMARTS) is 1. The summed E-state index contributed by atoms with van der Waals surface area (Å²) in [7, 11) is 0. The highest BCUT2D eigenvalue weighted by molar-refractivity contribution is 9.10. The number of hydrogen-bond donors (Lipinski definition) is 2. The lowest BCUT2D eigenvalue weighted by atomic mass is 10.1. The van der Waals surface area contributed by atoms with Crippen LogP contribution in [0.25, 0.3) is 0 Å². The van der Waals surface area contributed by atoms with Gasteiger partial charge in [0.05, 0.1) is 17.5 Å². The molecular formula is C12H14BrNO3S. The SMILES string of the molecule is C[C@H](NC(=O)CSCC(=O)O)c1ccccc1Br. The number of rotatable bonds is 6. The van der Waals surface area contributed by atoms with E-state index in [9.17, 15) is 9.59 Å². The van der Waals surface area contributed by atoms with Crippen LogP contribution in [0.1, 0.15) is 18.5 Å². The van der Waals surface area contributed by atoms with E-state index >= 15 is 0 Å². The van der Waals surface area contributed by atoms with Gasteiger partial charge in [0, 0.05) is 4.47 Å². The van der Waals surface area contributed by atoms with Crippen LogP contribution < -0.4 is 5.32 Å². The summed E-state index contributed by atoms with van der Waals surface area (Å²) in [6.45, 7) is 1.89. The third kappa shape index (κ3) is 5.10. The van der Waals surface area contributed by atoms with Crippen LogP contribution >= 0.6 is 27.7 Å². The van der Waals surface area contributed by atoms with Crippen molar-refractivity contribution in [2.45, 2.75) is 13.0 Å². The van der Waals surface area contributed by atoms with Gasteiger partial charge >= 0.3 is 5.97 Å². The molecule has 0 bridgehead atoms. The van der Waals surface area contributed by atoms with E-state index in [1.54, 1.807) is 0 Å². The lowest BCUT2D eigenvalue weighted by Crippen LogP contribution is -2.28. The molecule has 1 atom stereocenters. The van der Waals surface area contributed by atoms with E-state index in [0.717, 1.165) is 21.8 Å². The van der Waals surface area contributed by atoms with Crippen LogP contribution in [0.3, 0.4) is 0 Å². The van der Waals surface area contributed by atoms with E-state index in [1.165, 1.54) is 0 Å². The molecule has 1 rings (SSSR count). The van der Waals surface area contributed by atoms with Crippen LogP contribution in [-0.2, 0) is 9.59 Å². The lowest BCUT2D eigenvalue weighted by Gasteiger charge is -2.15. The maximum atomic E-state index is 11.6. The molecule has 0 fully saturated rings. The number of carboxylic acids is 1. The maximum Gasteiger partial charge on any atom is 0.313 e. The molecule has 0 aliphatic heterocycles. The molecule has 0 saturated carbocycles. The Morgan fingerprint density at radius 3 is 2.67 bits per heavy atom. The normalized spacial score (nSPS) is 11.9. The van der Waals surface area contributed by atoms with E-state index in [1.807, 2.05) is 31.2 Å². The first-order valence-corrected chi connectivity index (χ1v) is 7.29. The van der Waals surface area contributed by atoms with Gasteiger partial charge in [-0.15, -0.1) is 11.8 Å². The molecule has 0 aliphatic rings. The Hall–Kier alpha value is -1.01. The van der Waals surface area contributed by atoms with Crippen LogP contribution in [0.15, 0.2) is 28.7 Å². The van der Waals surface area contributed by atoms with E-state index < -0.39 is 5.97 Å². The van der Waals surface area contributed by atoms with Gasteiger partial charge in [-0.05, 0) is 18.6 Å². The Bertz CT molecular complexity index is 439. The number of nitrogens with one attached hydrogen (secondary N) is 1. The molecule has 1 aromatic rings. The van der Waals surface area contributed by atoms with Gasteiger partial charge in [0.25, 0.3) is 0 Å². The molecule has 4 nitrogen and oxygen atoms in total. The highest BCUT2D eigenvalue weighted by Crippen LogP contribution is 2.22. The molecule has 0 aromatic heterocycles. The summed E-state index contributed by atoms with van der Waals surface area (Å²) in [5.41, 5.74) is 0.995. The zero-order valence-electron chi connectivity index (χ0n) is 9.85. The average molecular weight is 332 g/mol. The zero-order valence-corrected chi connectivity index (χ0v) is 12.3. The van der Waals surface area contributed by atoms with E-state index in [4.69, 9.17) is 5.11 Å². The molecule has 6 heteroatoms. The van der Waals surface area contributed by atoms with Crippen molar-refractivity contribution in [2.75, 3.05) is 11.5 Å². The first-order chi connectivity index (χ1) is 8.50. The van der Waals surface area contributed by atoms with Crippen molar-refractivity contribution in [3.8, 4) is 0 Å². The second-order valence-electron chi connectivity index (χ2n) is 3.70. The van der Waals surface area contributed by atoms with E-state index in [2.05, 4.69) is 21.2 Å². The van der Waals surface area contributed by atoms with Crippen LogP contribution in [0.5, 0.6) is 0 Å². The van der Waals surface area contributed by atoms with Gasteiger partial charge in [0.15, 0.2) is 0 Å². The summed E-state index contributed by atoms with van der Waals surface area (Å²) in [6, 6.07) is 7.54. The molecule has 0 unspecified atom stereocenters. The summed E-state index contributed by atoms with van der Waals surface area (Å²) < 4.78 is 0.941. The standard InChI is InChI=1S/C12H14BrNO3S/c1-8(9-4-2-3-5-10(9)13)14-11(15)6-18-7-12(16)17/h2-5,8H,6-7H2,1H3,(H,14,15)(H,16,17)/t8-/m0/s1. The van der Waals surface area contributed by atoms with Crippen molar-refractivity contribution in [1.29, 1.82) is 0 Å². The first kappa shape index (κ1) is 15.0. The number of thioether (sulfide) groups is 1. The van der Waals surface area contributed by atoms with Crippen LogP contribution in [0.4, 0.5) is 0 Å². The fourth-order valence-corrected chi connectivity index (χ4v) is 2.59. The molecule has 0 heterocycles. The Morgan fingerprint density at radius 2 is 2.06 bits per heavy atom. The minimum atomic E-state index is -0.911. The predicted molar refractivity (Wildman–Crippen MR) is 75.7 cm³/mol. The average Bonchev–Trinajstić information content (AvgIpc) is 2.28. The third-order valence-corrected chi connectivity index (χ3v) is 3.85. The number of benzene rings is 1. The molecule has 0 saturated heterocycles. The number of hydrogen-bond acceptors (Lipinski definition) is 3. The van der Waals surface area contributed by atoms with Crippen molar-refractivity contribution in [1.82, 2.24) is 5.32 Å². The predicted octanol–water partition coefficient (Wildman–Crippen LogP) is 2.44. The molecule has 2 N–H and O–H groups in total. The highest BCUT2D eigenvalue weighted by Gasteiger charge is 2.12. The Balaban J connectivity index is 2.45. The minimum Gasteiger partial charge on any atom is -0.481 e. The summed E-state index contributed by atoms with van der Waals surface area (Å²) in [4.78, 5) is 21.9. The smallest absolute Gasteiger partial charge is 0.313 e. The van der Waals surface area contributed by atoms with Gasteiger partial charge < -0.3 is 10.4 Å². The molecular weight excluding hydrogens is 318 g/mol. The monoisotopic (exact) mass is 331 g/mol. The van der Waals surface area contributed by atoms with Gasteiger partial charge in [-0.2, -0.15) is 0 Å². The number of carbonyl (C=O) groups is 2. The second kappa shape index (κ2) is 7.43. The molecule has 1 aromatic carbocycles. The summed E-state index contributed by atoms with van der Waals surface area (Å²) in [6.07, 6.45) is 0. The van der Waals surface area contributed by atoms with Crippen molar-refractivity contribution >= 4 is 39.6 Å². The Labute approximate surface area is 118 Å². The van der Waals surface area contributed by atoms with Crippen molar-refractivity contribution in [2.24, 2.45) is 0 Å². The van der Waals surface area contributed by atoms with E-state index in [0.29, 0.717) is 0 Å². The quantitative estimate of drug-likeness (QED) is 0.840. The number of amides is 1. The molecule has 1 amide bonds. The van der Waals surface area contributed by atoms with Crippen molar-refractivity contribution in [3.05, 3.63) is 34.3 Å². The largest absolute Gasteiger partial charge is 0.481 e. The van der Waals surface area contributed by atoms with Gasteiger partial charge in [0.1, 0.15) is 0 Å². The summed E-state index contributed by atoms with van der Waals surface area (Å²) in [5.74, 6) is -0.978. The topological polar surface area (TPSA) is 66.4 Å². The first-order valence-electron chi connectivity index (χ1n) is 5.34. The minimum absolute atomic E-state index is 0.0587. The highest BCUT2D eigenvalue weighted by atomic mass is 79.9. The molecule has 0 aliphatic carbocycles. The lowest BCUT2D eigenvalue weighted by molar-refractivity contribution is -0.133. The zero-order chi connectivity index (χ0) is 13.5. The molecule has 0 spiro atoms. The fraction of sp³-hybridized carbons (Fsp3) is 0.333. The van der Waals surface area contributed by atoms with Gasteiger partial charge in [-0.3, -0.25) is 9.59 Å². The second-order valence-corrected chi connectivity index (χ2v) is 5.54. The van der Waals surface area contributed by atoms with Gasteiger partial charge in [-0.1, -0.05) is 34.1 Å². The van der Waals surface area contributed by atoms with E-state index in [-0.39, 0.29) is 23.5 Å². The number of halogens is 1. The summed E-state index contributed by atoms with van der Waals surface area (Å²) >= 11 is 4.51. The van der Waals surface area contributed by atoms with Crippen LogP contribution in [0.2, 0.25) is 0 Å². The van der Waals surface area contributed by atoms with Gasteiger partial charge in [0.2, 0.25) is 5.91 Å². The fourth-order valence-electron chi connectivity index (χ4n) is 1.42. The van der Waals surface area contributed by atoms with Crippen molar-refractivity contribution < 1.29 is 14.7 Å². The maximum absolute atomic E-state index is 11.6. The van der Waals surface area contributed by atoms with Gasteiger partial charge in [-0.25, -0.2) is 0 Å². The van der Waals surface area contributed by atoms with Crippen molar-refractivity contribution in [3.63, 3.8) is 0 Å². The summed E-state index contributed by atoms with van der Waals surface area (Å²) in [5, 5.41) is 11.3. The third-order valence-electron chi connectivity index (χ3n) is 2.21. The Morgan fingerprint density at radius 1 is 1.39 bits per heavy atom. The molecule has 18 heavy (non-hydrogen) atoms. The Kier molecular flexibility index (Phi) is 6.21. The van der Waals surface area contributed by atoms with Crippen LogP contribution in [-0.4, -0.2) is 28.5 Å². The number of aliphatic carboxylic acids is 1. The molecule has 98 valence electrons. The van der Waals surface area contributed by atoms with Crippen LogP contribution in [0, 0.1) is 0 Å². The molecule has 0 radical (unpaired) electrons. The number of carbonyl (C=O) groups excluding carboxylic acids is 1.